The Kier molecular flexibility index (Phi) is 5.91. The summed E-state index contributed by atoms with van der Waals surface area (Å²) in [7, 11) is 1.81. The van der Waals surface area contributed by atoms with Gasteiger partial charge in [0.2, 0.25) is 0 Å². The summed E-state index contributed by atoms with van der Waals surface area (Å²) in [5.41, 5.74) is 8.07. The van der Waals surface area contributed by atoms with Crippen molar-refractivity contribution < 1.29 is 4.79 Å². The van der Waals surface area contributed by atoms with E-state index in [1.807, 2.05) is 36.0 Å². The van der Waals surface area contributed by atoms with Gasteiger partial charge in [-0.3, -0.25) is 4.79 Å². The highest BCUT2D eigenvalue weighted by molar-refractivity contribution is 6.30. The summed E-state index contributed by atoms with van der Waals surface area (Å²) in [5, 5.41) is 5.13. The van der Waals surface area contributed by atoms with Gasteiger partial charge in [-0.15, -0.1) is 0 Å². The number of carbonyl (C=O) groups excluding carboxylic acids is 1. The number of aromatic nitrogens is 2. The maximum atomic E-state index is 13.0. The Morgan fingerprint density at radius 2 is 1.92 bits per heavy atom. The molecule has 0 aliphatic heterocycles. The maximum Gasteiger partial charge on any atom is 0.257 e. The van der Waals surface area contributed by atoms with Crippen LogP contribution in [-0.2, 0) is 0 Å². The van der Waals surface area contributed by atoms with Crippen LogP contribution in [0.25, 0.3) is 5.69 Å². The molecule has 136 valence electrons. The third kappa shape index (κ3) is 4.41. The van der Waals surface area contributed by atoms with Gasteiger partial charge in [0.25, 0.3) is 5.91 Å². The Morgan fingerprint density at radius 3 is 2.44 bits per heavy atom. The number of hydrogen-bond donors (Lipinski definition) is 1. The van der Waals surface area contributed by atoms with Crippen molar-refractivity contribution >= 4 is 17.5 Å². The van der Waals surface area contributed by atoms with Gasteiger partial charge in [-0.05, 0) is 42.1 Å². The third-order valence-corrected chi connectivity index (χ3v) is 4.47. The van der Waals surface area contributed by atoms with E-state index in [4.69, 9.17) is 17.3 Å². The lowest BCUT2D eigenvalue weighted by Crippen LogP contribution is -2.40. The van der Waals surface area contributed by atoms with Gasteiger partial charge in [-0.25, -0.2) is 4.68 Å². The first-order valence-electron chi connectivity index (χ1n) is 8.45. The quantitative estimate of drug-likeness (QED) is 0.852. The van der Waals surface area contributed by atoms with Crippen LogP contribution in [0.4, 0.5) is 0 Å². The van der Waals surface area contributed by atoms with Crippen molar-refractivity contribution in [2.45, 2.75) is 33.6 Å². The summed E-state index contributed by atoms with van der Waals surface area (Å²) in [6, 6.07) is 7.44. The van der Waals surface area contributed by atoms with E-state index in [2.05, 4.69) is 32.8 Å². The Balaban J connectivity index is 2.39. The van der Waals surface area contributed by atoms with E-state index in [1.165, 1.54) is 0 Å². The fourth-order valence-electron chi connectivity index (χ4n) is 2.85. The van der Waals surface area contributed by atoms with Crippen molar-refractivity contribution in [3.05, 3.63) is 46.7 Å². The molecule has 0 aliphatic rings. The average Bonchev–Trinajstić information content (AvgIpc) is 2.99. The van der Waals surface area contributed by atoms with E-state index < -0.39 is 0 Å². The van der Waals surface area contributed by atoms with E-state index >= 15 is 0 Å². The zero-order valence-electron chi connectivity index (χ0n) is 15.6. The molecular weight excluding hydrogens is 336 g/mol. The number of nitrogens with two attached hydrogens (primary N) is 1. The van der Waals surface area contributed by atoms with E-state index in [-0.39, 0.29) is 17.2 Å². The molecule has 2 rings (SSSR count). The van der Waals surface area contributed by atoms with Crippen LogP contribution in [0.2, 0.25) is 5.02 Å². The van der Waals surface area contributed by atoms with Gasteiger partial charge in [-0.1, -0.05) is 39.3 Å². The number of hydrogen-bond acceptors (Lipinski definition) is 3. The summed E-state index contributed by atoms with van der Waals surface area (Å²) in [5.74, 6) is 0.110. The van der Waals surface area contributed by atoms with Crippen LogP contribution in [0.1, 0.15) is 49.7 Å². The monoisotopic (exact) mass is 362 g/mol. The molecular formula is C19H27ClN4O. The van der Waals surface area contributed by atoms with Gasteiger partial charge in [0.05, 0.1) is 23.1 Å². The van der Waals surface area contributed by atoms with Crippen molar-refractivity contribution in [2.24, 2.45) is 11.1 Å². The average molecular weight is 363 g/mol. The Bertz CT molecular complexity index is 734. The Hall–Kier alpha value is -1.85. The maximum absolute atomic E-state index is 13.0. The second-order valence-electron chi connectivity index (χ2n) is 7.52. The lowest BCUT2D eigenvalue weighted by Gasteiger charge is -2.29. The van der Waals surface area contributed by atoms with E-state index in [1.54, 1.807) is 11.1 Å². The topological polar surface area (TPSA) is 64.2 Å². The highest BCUT2D eigenvalue weighted by Gasteiger charge is 2.26. The first kappa shape index (κ1) is 19.5. The molecule has 1 amide bonds. The van der Waals surface area contributed by atoms with Crippen molar-refractivity contribution in [2.75, 3.05) is 20.1 Å². The number of nitrogens with zero attached hydrogens (tertiary/aromatic N) is 3. The van der Waals surface area contributed by atoms with Crippen LogP contribution < -0.4 is 5.73 Å². The standard InChI is InChI=1S/C19H27ClN4O/c1-13(2)17-16(18(25)23(5)12-19(3,4)11-21)10-22-24(17)15-8-6-14(20)7-9-15/h6-10,13H,11-12,21H2,1-5H3. The molecule has 0 atom stereocenters. The van der Waals surface area contributed by atoms with Crippen molar-refractivity contribution in [1.82, 2.24) is 14.7 Å². The molecule has 1 heterocycles. The predicted molar refractivity (Wildman–Crippen MR) is 102 cm³/mol. The fourth-order valence-corrected chi connectivity index (χ4v) is 2.98. The van der Waals surface area contributed by atoms with E-state index in [0.717, 1.165) is 11.4 Å². The largest absolute Gasteiger partial charge is 0.341 e. The molecule has 0 radical (unpaired) electrons. The predicted octanol–water partition coefficient (Wildman–Crippen LogP) is 3.71. The second-order valence-corrected chi connectivity index (χ2v) is 7.95. The number of carbonyl (C=O) groups is 1. The summed E-state index contributed by atoms with van der Waals surface area (Å²) in [4.78, 5) is 14.7. The van der Waals surface area contributed by atoms with Gasteiger partial charge in [0.15, 0.2) is 0 Å². The number of rotatable bonds is 6. The zero-order chi connectivity index (χ0) is 18.8. The van der Waals surface area contributed by atoms with E-state index in [9.17, 15) is 4.79 Å². The molecule has 0 aliphatic carbocycles. The summed E-state index contributed by atoms with van der Waals surface area (Å²) in [6.45, 7) is 9.33. The normalized spacial score (nSPS) is 11.8. The lowest BCUT2D eigenvalue weighted by atomic mass is 9.93. The minimum Gasteiger partial charge on any atom is -0.341 e. The van der Waals surface area contributed by atoms with Crippen LogP contribution >= 0.6 is 11.6 Å². The van der Waals surface area contributed by atoms with E-state index in [0.29, 0.717) is 23.7 Å². The highest BCUT2D eigenvalue weighted by atomic mass is 35.5. The highest BCUT2D eigenvalue weighted by Crippen LogP contribution is 2.25. The first-order chi connectivity index (χ1) is 11.7. The fraction of sp³-hybridized carbons (Fsp3) is 0.474. The van der Waals surface area contributed by atoms with Crippen molar-refractivity contribution in [1.29, 1.82) is 0 Å². The number of halogens is 1. The SMILES string of the molecule is CC(C)c1c(C(=O)N(C)CC(C)(C)CN)cnn1-c1ccc(Cl)cc1. The summed E-state index contributed by atoms with van der Waals surface area (Å²) < 4.78 is 1.82. The zero-order valence-corrected chi connectivity index (χ0v) is 16.3. The molecule has 2 aromatic rings. The molecule has 2 N–H and O–H groups in total. The summed E-state index contributed by atoms with van der Waals surface area (Å²) in [6.07, 6.45) is 1.65. The van der Waals surface area contributed by atoms with Crippen molar-refractivity contribution in [3.8, 4) is 5.69 Å². The molecule has 25 heavy (non-hydrogen) atoms. The van der Waals surface area contributed by atoms with Crippen LogP contribution in [0.3, 0.4) is 0 Å². The van der Waals surface area contributed by atoms with Crippen LogP contribution in [0.5, 0.6) is 0 Å². The van der Waals surface area contributed by atoms with Gasteiger partial charge < -0.3 is 10.6 Å². The number of benzene rings is 1. The third-order valence-electron chi connectivity index (χ3n) is 4.22. The number of amides is 1. The van der Waals surface area contributed by atoms with Gasteiger partial charge >= 0.3 is 0 Å². The lowest BCUT2D eigenvalue weighted by molar-refractivity contribution is 0.0739. The molecule has 0 spiro atoms. The molecule has 0 saturated heterocycles. The van der Waals surface area contributed by atoms with Crippen LogP contribution in [0.15, 0.2) is 30.5 Å². The summed E-state index contributed by atoms with van der Waals surface area (Å²) >= 11 is 5.97. The first-order valence-corrected chi connectivity index (χ1v) is 8.83. The van der Waals surface area contributed by atoms with Gasteiger partial charge in [0.1, 0.15) is 0 Å². The molecule has 0 bridgehead atoms. The van der Waals surface area contributed by atoms with Gasteiger partial charge in [-0.2, -0.15) is 5.10 Å². The van der Waals surface area contributed by atoms with Crippen LogP contribution in [0, 0.1) is 5.41 Å². The minimum absolute atomic E-state index is 0.0366. The van der Waals surface area contributed by atoms with Gasteiger partial charge in [0, 0.05) is 18.6 Å². The molecule has 0 fully saturated rings. The molecule has 6 heteroatoms. The smallest absolute Gasteiger partial charge is 0.257 e. The Morgan fingerprint density at radius 1 is 1.32 bits per heavy atom. The second kappa shape index (κ2) is 7.58. The molecule has 1 aromatic carbocycles. The molecule has 0 unspecified atom stereocenters. The van der Waals surface area contributed by atoms with Crippen molar-refractivity contribution in [3.63, 3.8) is 0 Å². The molecule has 0 saturated carbocycles. The molecule has 5 nitrogen and oxygen atoms in total. The molecule has 1 aromatic heterocycles. The Labute approximate surface area is 154 Å². The minimum atomic E-state index is -0.130. The van der Waals surface area contributed by atoms with Crippen LogP contribution in [-0.4, -0.2) is 40.7 Å².